The SMILES string of the molecule is Cc1cccc(S(=O)(=O)C2CS(=O)(=O)CC2O)c1. The number of hydrogen-bond acceptors (Lipinski definition) is 5. The van der Waals surface area contributed by atoms with Gasteiger partial charge in [-0.05, 0) is 24.6 Å². The van der Waals surface area contributed by atoms with E-state index in [0.717, 1.165) is 5.56 Å². The van der Waals surface area contributed by atoms with Crippen molar-refractivity contribution in [1.29, 1.82) is 0 Å². The zero-order valence-electron chi connectivity index (χ0n) is 9.78. The fourth-order valence-electron chi connectivity index (χ4n) is 2.06. The summed E-state index contributed by atoms with van der Waals surface area (Å²) in [6, 6.07) is 6.24. The summed E-state index contributed by atoms with van der Waals surface area (Å²) in [5.41, 5.74) is 0.770. The number of aliphatic hydroxyl groups excluding tert-OH is 1. The smallest absolute Gasteiger partial charge is 0.184 e. The minimum absolute atomic E-state index is 0.0589. The van der Waals surface area contributed by atoms with Crippen LogP contribution in [0, 0.1) is 6.92 Å². The standard InChI is InChI=1S/C11H14O5S2/c1-8-3-2-4-9(5-8)18(15,16)11-7-17(13,14)6-10(11)12/h2-5,10-12H,6-7H2,1H3. The first-order valence-electron chi connectivity index (χ1n) is 5.41. The molecule has 2 atom stereocenters. The number of rotatable bonds is 2. The summed E-state index contributed by atoms with van der Waals surface area (Å²) in [6.07, 6.45) is -1.35. The third kappa shape index (κ3) is 2.43. The number of sulfone groups is 2. The third-order valence-electron chi connectivity index (χ3n) is 2.99. The number of aryl methyl sites for hydroxylation is 1. The molecule has 0 radical (unpaired) electrons. The molecule has 1 aromatic carbocycles. The summed E-state index contributed by atoms with van der Waals surface area (Å²) in [5, 5.41) is 8.37. The molecule has 5 nitrogen and oxygen atoms in total. The maximum Gasteiger partial charge on any atom is 0.184 e. The van der Waals surface area contributed by atoms with Gasteiger partial charge in [-0.3, -0.25) is 0 Å². The van der Waals surface area contributed by atoms with Gasteiger partial charge in [0.25, 0.3) is 0 Å². The van der Waals surface area contributed by atoms with Crippen molar-refractivity contribution >= 4 is 19.7 Å². The van der Waals surface area contributed by atoms with E-state index in [1.807, 2.05) is 0 Å². The zero-order valence-corrected chi connectivity index (χ0v) is 11.4. The summed E-state index contributed by atoms with van der Waals surface area (Å²) in [4.78, 5) is 0.0589. The first-order chi connectivity index (χ1) is 8.22. The van der Waals surface area contributed by atoms with Crippen LogP contribution in [0.15, 0.2) is 29.2 Å². The molecule has 0 amide bonds. The molecule has 1 N–H and O–H groups in total. The van der Waals surface area contributed by atoms with Gasteiger partial charge in [-0.2, -0.15) is 0 Å². The zero-order chi connectivity index (χ0) is 13.6. The molecule has 1 heterocycles. The molecule has 7 heteroatoms. The molecule has 1 aliphatic rings. The molecule has 0 spiro atoms. The summed E-state index contributed by atoms with van der Waals surface area (Å²) in [7, 11) is -7.29. The van der Waals surface area contributed by atoms with Gasteiger partial charge in [0.2, 0.25) is 0 Å². The van der Waals surface area contributed by atoms with Crippen molar-refractivity contribution in [3.05, 3.63) is 29.8 Å². The summed E-state index contributed by atoms with van der Waals surface area (Å²) < 4.78 is 47.3. The van der Waals surface area contributed by atoms with Crippen LogP contribution < -0.4 is 0 Å². The van der Waals surface area contributed by atoms with E-state index in [4.69, 9.17) is 0 Å². The molecular formula is C11H14O5S2. The van der Waals surface area contributed by atoms with Gasteiger partial charge < -0.3 is 5.11 Å². The van der Waals surface area contributed by atoms with E-state index < -0.39 is 42.5 Å². The molecule has 2 rings (SSSR count). The van der Waals surface area contributed by atoms with Crippen LogP contribution in [0.3, 0.4) is 0 Å². The van der Waals surface area contributed by atoms with Crippen LogP contribution in [-0.2, 0) is 19.7 Å². The van der Waals surface area contributed by atoms with Crippen molar-refractivity contribution in [3.63, 3.8) is 0 Å². The Morgan fingerprint density at radius 2 is 1.94 bits per heavy atom. The second kappa shape index (κ2) is 4.32. The molecule has 0 aliphatic carbocycles. The van der Waals surface area contributed by atoms with E-state index in [1.165, 1.54) is 12.1 Å². The van der Waals surface area contributed by atoms with Gasteiger partial charge in [-0.15, -0.1) is 0 Å². The fraction of sp³-hybridized carbons (Fsp3) is 0.455. The van der Waals surface area contributed by atoms with E-state index in [-0.39, 0.29) is 4.90 Å². The molecule has 100 valence electrons. The van der Waals surface area contributed by atoms with Gasteiger partial charge in [-0.1, -0.05) is 12.1 Å². The topological polar surface area (TPSA) is 88.5 Å². The van der Waals surface area contributed by atoms with Crippen LogP contribution in [0.1, 0.15) is 5.56 Å². The Hall–Kier alpha value is -0.920. The van der Waals surface area contributed by atoms with Crippen molar-refractivity contribution in [2.24, 2.45) is 0 Å². The predicted molar refractivity (Wildman–Crippen MR) is 66.8 cm³/mol. The molecule has 2 unspecified atom stereocenters. The van der Waals surface area contributed by atoms with Gasteiger partial charge in [0.05, 0.1) is 22.5 Å². The lowest BCUT2D eigenvalue weighted by atomic mass is 10.2. The highest BCUT2D eigenvalue weighted by Gasteiger charge is 2.45. The third-order valence-corrected chi connectivity index (χ3v) is 7.11. The molecule has 1 saturated heterocycles. The Labute approximate surface area is 106 Å². The van der Waals surface area contributed by atoms with Crippen molar-refractivity contribution in [3.8, 4) is 0 Å². The normalized spacial score (nSPS) is 27.2. The second-order valence-electron chi connectivity index (χ2n) is 4.54. The number of benzene rings is 1. The van der Waals surface area contributed by atoms with E-state index in [9.17, 15) is 21.9 Å². The van der Waals surface area contributed by atoms with Gasteiger partial charge >= 0.3 is 0 Å². The lowest BCUT2D eigenvalue weighted by Gasteiger charge is -2.14. The first-order valence-corrected chi connectivity index (χ1v) is 8.78. The molecule has 1 fully saturated rings. The van der Waals surface area contributed by atoms with Gasteiger partial charge in [-0.25, -0.2) is 16.8 Å². The predicted octanol–water partition coefficient (Wildman–Crippen LogP) is -0.0734. The molecule has 0 bridgehead atoms. The fourth-order valence-corrected chi connectivity index (χ4v) is 6.61. The van der Waals surface area contributed by atoms with Gasteiger partial charge in [0, 0.05) is 0 Å². The van der Waals surface area contributed by atoms with Crippen LogP contribution in [0.2, 0.25) is 0 Å². The highest BCUT2D eigenvalue weighted by molar-refractivity contribution is 7.96. The summed E-state index contributed by atoms with van der Waals surface area (Å²) >= 11 is 0. The number of aliphatic hydroxyl groups is 1. The Kier molecular flexibility index (Phi) is 3.25. The van der Waals surface area contributed by atoms with Crippen LogP contribution in [0.5, 0.6) is 0 Å². The summed E-state index contributed by atoms with van der Waals surface area (Å²) in [6.45, 7) is 1.75. The highest BCUT2D eigenvalue weighted by atomic mass is 32.2. The van der Waals surface area contributed by atoms with Crippen LogP contribution in [0.4, 0.5) is 0 Å². The summed E-state index contributed by atoms with van der Waals surface area (Å²) in [5.74, 6) is -0.993. The average molecular weight is 290 g/mol. The van der Waals surface area contributed by atoms with Crippen LogP contribution in [0.25, 0.3) is 0 Å². The Morgan fingerprint density at radius 3 is 2.44 bits per heavy atom. The largest absolute Gasteiger partial charge is 0.391 e. The molecule has 1 aromatic rings. The monoisotopic (exact) mass is 290 g/mol. The van der Waals surface area contributed by atoms with E-state index in [0.29, 0.717) is 0 Å². The molecule has 1 aliphatic heterocycles. The van der Waals surface area contributed by atoms with Crippen LogP contribution in [-0.4, -0.2) is 44.8 Å². The van der Waals surface area contributed by atoms with Crippen molar-refractivity contribution in [1.82, 2.24) is 0 Å². The quantitative estimate of drug-likeness (QED) is 0.823. The van der Waals surface area contributed by atoms with E-state index in [2.05, 4.69) is 0 Å². The average Bonchev–Trinajstić information content (AvgIpc) is 2.53. The van der Waals surface area contributed by atoms with E-state index >= 15 is 0 Å². The molecule has 0 aromatic heterocycles. The maximum atomic E-state index is 12.3. The lowest BCUT2D eigenvalue weighted by molar-refractivity contribution is 0.204. The lowest BCUT2D eigenvalue weighted by Crippen LogP contribution is -2.32. The van der Waals surface area contributed by atoms with Crippen molar-refractivity contribution in [2.75, 3.05) is 11.5 Å². The van der Waals surface area contributed by atoms with Crippen LogP contribution >= 0.6 is 0 Å². The minimum atomic E-state index is -3.81. The van der Waals surface area contributed by atoms with Crippen molar-refractivity contribution in [2.45, 2.75) is 23.2 Å². The highest BCUT2D eigenvalue weighted by Crippen LogP contribution is 2.26. The minimum Gasteiger partial charge on any atom is -0.391 e. The molecular weight excluding hydrogens is 276 g/mol. The van der Waals surface area contributed by atoms with Gasteiger partial charge in [0.15, 0.2) is 19.7 Å². The maximum absolute atomic E-state index is 12.3. The molecule has 18 heavy (non-hydrogen) atoms. The van der Waals surface area contributed by atoms with Crippen molar-refractivity contribution < 1.29 is 21.9 Å². The second-order valence-corrected chi connectivity index (χ2v) is 8.86. The van der Waals surface area contributed by atoms with Gasteiger partial charge in [0.1, 0.15) is 5.25 Å². The Balaban J connectivity index is 2.45. The molecule has 0 saturated carbocycles. The number of hydrogen-bond donors (Lipinski definition) is 1. The first kappa shape index (κ1) is 13.5. The Bertz CT molecular complexity index is 660. The Morgan fingerprint density at radius 1 is 1.28 bits per heavy atom. The van der Waals surface area contributed by atoms with E-state index in [1.54, 1.807) is 19.1 Å².